The number of Topliss-reactive ketones (excluding diaryl/α,β-unsaturated/α-hetero) is 1. The maximum atomic E-state index is 12.4. The molecule has 2 nitrogen and oxygen atoms in total. The summed E-state index contributed by atoms with van der Waals surface area (Å²) in [6.45, 7) is 8.74. The summed E-state index contributed by atoms with van der Waals surface area (Å²) >= 11 is 0. The predicted octanol–water partition coefficient (Wildman–Crippen LogP) is 5.11. The standard InChI is InChI=1S/C22H30O2/c1-21(2,3)18-12-16-13(11-19(18)23)5-6-15-14(16)9-10-22(4)17(15)7-8-20(22)24/h11-12,14-15,17,23H,5-10H2,1-4H3/t14-,15+,17+,22+/m1/s1. The van der Waals surface area contributed by atoms with Crippen LogP contribution in [0.1, 0.15) is 82.4 Å². The Labute approximate surface area is 145 Å². The van der Waals surface area contributed by atoms with Gasteiger partial charge in [-0.15, -0.1) is 0 Å². The third-order valence-electron chi connectivity index (χ3n) is 7.36. The third-order valence-corrected chi connectivity index (χ3v) is 7.36. The van der Waals surface area contributed by atoms with E-state index < -0.39 is 0 Å². The van der Waals surface area contributed by atoms with Crippen molar-refractivity contribution < 1.29 is 9.90 Å². The molecule has 2 fully saturated rings. The van der Waals surface area contributed by atoms with Crippen LogP contribution in [0, 0.1) is 17.3 Å². The summed E-state index contributed by atoms with van der Waals surface area (Å²) in [7, 11) is 0. The van der Waals surface area contributed by atoms with Crippen molar-refractivity contribution in [3.63, 3.8) is 0 Å². The number of rotatable bonds is 0. The van der Waals surface area contributed by atoms with Gasteiger partial charge in [0.25, 0.3) is 0 Å². The van der Waals surface area contributed by atoms with Crippen molar-refractivity contribution in [2.75, 3.05) is 0 Å². The molecule has 0 aromatic heterocycles. The van der Waals surface area contributed by atoms with E-state index in [1.807, 2.05) is 6.07 Å². The van der Waals surface area contributed by atoms with Crippen LogP contribution >= 0.6 is 0 Å². The summed E-state index contributed by atoms with van der Waals surface area (Å²) < 4.78 is 0. The first kappa shape index (κ1) is 16.2. The fourth-order valence-electron chi connectivity index (χ4n) is 5.98. The summed E-state index contributed by atoms with van der Waals surface area (Å²) in [5.41, 5.74) is 3.78. The van der Waals surface area contributed by atoms with Crippen LogP contribution in [0.5, 0.6) is 5.75 Å². The van der Waals surface area contributed by atoms with Crippen LogP contribution in [0.3, 0.4) is 0 Å². The second-order valence-electron chi connectivity index (χ2n) is 9.65. The third kappa shape index (κ3) is 2.18. The van der Waals surface area contributed by atoms with Crippen molar-refractivity contribution >= 4 is 5.78 Å². The zero-order valence-corrected chi connectivity index (χ0v) is 15.5. The van der Waals surface area contributed by atoms with Gasteiger partial charge in [-0.05, 0) is 78.0 Å². The molecule has 4 rings (SSSR count). The summed E-state index contributed by atoms with van der Waals surface area (Å²) in [5, 5.41) is 10.5. The van der Waals surface area contributed by atoms with Crippen LogP contribution < -0.4 is 0 Å². The van der Waals surface area contributed by atoms with Gasteiger partial charge in [0.15, 0.2) is 0 Å². The molecule has 1 N–H and O–H groups in total. The topological polar surface area (TPSA) is 37.3 Å². The number of carbonyl (C=O) groups excluding carboxylic acids is 1. The quantitative estimate of drug-likeness (QED) is 0.719. The Bertz CT molecular complexity index is 697. The molecule has 0 unspecified atom stereocenters. The van der Waals surface area contributed by atoms with Crippen molar-refractivity contribution in [2.24, 2.45) is 17.3 Å². The first-order valence-corrected chi connectivity index (χ1v) is 9.61. The van der Waals surface area contributed by atoms with Gasteiger partial charge in [0.05, 0.1) is 0 Å². The molecule has 130 valence electrons. The molecule has 1 aromatic rings. The molecular weight excluding hydrogens is 296 g/mol. The van der Waals surface area contributed by atoms with Crippen LogP contribution in [0.25, 0.3) is 0 Å². The van der Waals surface area contributed by atoms with E-state index in [9.17, 15) is 9.90 Å². The van der Waals surface area contributed by atoms with Crippen molar-refractivity contribution in [1.29, 1.82) is 0 Å². The number of aryl methyl sites for hydroxylation is 1. The number of phenolic OH excluding ortho intramolecular Hbond substituents is 1. The number of carbonyl (C=O) groups is 1. The number of phenols is 1. The molecule has 0 aliphatic heterocycles. The van der Waals surface area contributed by atoms with Crippen LogP contribution in [-0.4, -0.2) is 10.9 Å². The number of fused-ring (bicyclic) bond motifs is 5. The Morgan fingerprint density at radius 3 is 2.58 bits per heavy atom. The minimum atomic E-state index is -0.0531. The number of ketones is 1. The van der Waals surface area contributed by atoms with Crippen molar-refractivity contribution in [2.45, 2.75) is 77.6 Å². The fourth-order valence-corrected chi connectivity index (χ4v) is 5.98. The van der Waals surface area contributed by atoms with Crippen molar-refractivity contribution in [3.05, 3.63) is 28.8 Å². The molecular formula is C22H30O2. The molecule has 0 heterocycles. The monoisotopic (exact) mass is 326 g/mol. The lowest BCUT2D eigenvalue weighted by Gasteiger charge is -2.48. The van der Waals surface area contributed by atoms with Gasteiger partial charge in [-0.2, -0.15) is 0 Å². The molecule has 0 bridgehead atoms. The number of benzene rings is 1. The maximum Gasteiger partial charge on any atom is 0.139 e. The first-order valence-electron chi connectivity index (χ1n) is 9.61. The molecule has 2 heteroatoms. The van der Waals surface area contributed by atoms with Gasteiger partial charge in [0, 0.05) is 11.8 Å². The molecule has 24 heavy (non-hydrogen) atoms. The first-order chi connectivity index (χ1) is 11.2. The van der Waals surface area contributed by atoms with E-state index in [2.05, 4.69) is 33.8 Å². The highest BCUT2D eigenvalue weighted by Crippen LogP contribution is 2.60. The summed E-state index contributed by atoms with van der Waals surface area (Å²) in [6, 6.07) is 4.32. The molecule has 2 saturated carbocycles. The van der Waals surface area contributed by atoms with E-state index >= 15 is 0 Å². The van der Waals surface area contributed by atoms with Crippen LogP contribution in [0.4, 0.5) is 0 Å². The average molecular weight is 326 g/mol. The summed E-state index contributed by atoms with van der Waals surface area (Å²) in [6.07, 6.45) is 6.29. The van der Waals surface area contributed by atoms with E-state index in [0.717, 1.165) is 37.7 Å². The van der Waals surface area contributed by atoms with Gasteiger partial charge in [-0.25, -0.2) is 0 Å². The number of hydrogen-bond donors (Lipinski definition) is 1. The lowest BCUT2D eigenvalue weighted by molar-refractivity contribution is -0.129. The van der Waals surface area contributed by atoms with Gasteiger partial charge in [0.1, 0.15) is 11.5 Å². The summed E-state index contributed by atoms with van der Waals surface area (Å²) in [5.74, 6) is 2.78. The van der Waals surface area contributed by atoms with Gasteiger partial charge in [-0.1, -0.05) is 33.8 Å². The lowest BCUT2D eigenvalue weighted by atomic mass is 9.55. The molecule has 0 radical (unpaired) electrons. The molecule has 3 aliphatic rings. The predicted molar refractivity (Wildman–Crippen MR) is 96.4 cm³/mol. The molecule has 1 aromatic carbocycles. The van der Waals surface area contributed by atoms with Crippen LogP contribution in [-0.2, 0) is 16.6 Å². The highest BCUT2D eigenvalue weighted by molar-refractivity contribution is 5.87. The van der Waals surface area contributed by atoms with E-state index in [1.54, 1.807) is 0 Å². The van der Waals surface area contributed by atoms with E-state index in [4.69, 9.17) is 0 Å². The Balaban J connectivity index is 1.76. The average Bonchev–Trinajstić information content (AvgIpc) is 2.81. The van der Waals surface area contributed by atoms with E-state index in [0.29, 0.717) is 29.3 Å². The molecule has 0 saturated heterocycles. The normalized spacial score (nSPS) is 35.3. The Morgan fingerprint density at radius 2 is 1.88 bits per heavy atom. The van der Waals surface area contributed by atoms with Gasteiger partial charge >= 0.3 is 0 Å². The Kier molecular flexibility index (Phi) is 3.43. The second-order valence-corrected chi connectivity index (χ2v) is 9.65. The largest absolute Gasteiger partial charge is 0.508 e. The maximum absolute atomic E-state index is 12.4. The molecule has 4 atom stereocenters. The number of hydrogen-bond acceptors (Lipinski definition) is 2. The number of aromatic hydroxyl groups is 1. The van der Waals surface area contributed by atoms with Gasteiger partial charge in [0.2, 0.25) is 0 Å². The van der Waals surface area contributed by atoms with Gasteiger partial charge in [-0.3, -0.25) is 4.79 Å². The Morgan fingerprint density at radius 1 is 1.12 bits per heavy atom. The minimum Gasteiger partial charge on any atom is -0.508 e. The fraction of sp³-hybridized carbons (Fsp3) is 0.682. The molecule has 0 spiro atoms. The van der Waals surface area contributed by atoms with Gasteiger partial charge < -0.3 is 5.11 Å². The van der Waals surface area contributed by atoms with Crippen molar-refractivity contribution in [1.82, 2.24) is 0 Å². The molecule has 3 aliphatic carbocycles. The molecule has 0 amide bonds. The minimum absolute atomic E-state index is 0.0431. The van der Waals surface area contributed by atoms with Crippen molar-refractivity contribution in [3.8, 4) is 5.75 Å². The smallest absolute Gasteiger partial charge is 0.139 e. The highest BCUT2D eigenvalue weighted by atomic mass is 16.3. The highest BCUT2D eigenvalue weighted by Gasteiger charge is 2.54. The summed E-state index contributed by atoms with van der Waals surface area (Å²) in [4.78, 5) is 12.4. The zero-order valence-electron chi connectivity index (χ0n) is 15.5. The SMILES string of the molecule is CC(C)(C)c1cc2c(cc1O)CC[C@H]1[C@H]2CC[C@]2(C)C(=O)CC[C@@H]12. The van der Waals surface area contributed by atoms with E-state index in [1.165, 1.54) is 17.5 Å². The van der Waals surface area contributed by atoms with E-state index in [-0.39, 0.29) is 10.8 Å². The zero-order chi connectivity index (χ0) is 17.3. The van der Waals surface area contributed by atoms with Crippen LogP contribution in [0.2, 0.25) is 0 Å². The van der Waals surface area contributed by atoms with Crippen LogP contribution in [0.15, 0.2) is 12.1 Å². The second kappa shape index (κ2) is 5.09. The lowest BCUT2D eigenvalue weighted by Crippen LogP contribution is -2.42. The Hall–Kier alpha value is -1.31.